The lowest BCUT2D eigenvalue weighted by Crippen LogP contribution is -2.14. The molecule has 0 aromatic heterocycles. The summed E-state index contributed by atoms with van der Waals surface area (Å²) < 4.78 is 11.0. The standard InChI is InChI=1S/C22H26O4/c1-4-5-11-25-22(24)26-21-17-12(2)7-6-8-16(17)20(23)18-14-9-10-15(13(14)3)19(18)21/h6-8,13-15,23H,4-5,9-11H2,1-3H3. The molecule has 3 atom stereocenters. The monoisotopic (exact) mass is 354 g/mol. The van der Waals surface area contributed by atoms with Gasteiger partial charge in [0.2, 0.25) is 0 Å². The van der Waals surface area contributed by atoms with E-state index in [1.54, 1.807) is 0 Å². The highest BCUT2D eigenvalue weighted by Crippen LogP contribution is 2.63. The second-order valence-electron chi connectivity index (χ2n) is 7.71. The molecule has 4 nitrogen and oxygen atoms in total. The van der Waals surface area contributed by atoms with Gasteiger partial charge in [0.25, 0.3) is 0 Å². The van der Waals surface area contributed by atoms with Gasteiger partial charge in [-0.2, -0.15) is 0 Å². The zero-order valence-electron chi connectivity index (χ0n) is 15.7. The van der Waals surface area contributed by atoms with Gasteiger partial charge < -0.3 is 14.6 Å². The summed E-state index contributed by atoms with van der Waals surface area (Å²) in [4.78, 5) is 12.3. The van der Waals surface area contributed by atoms with Crippen molar-refractivity contribution in [3.05, 3.63) is 34.9 Å². The van der Waals surface area contributed by atoms with Crippen molar-refractivity contribution in [3.63, 3.8) is 0 Å². The average molecular weight is 354 g/mol. The zero-order chi connectivity index (χ0) is 18.4. The third kappa shape index (κ3) is 2.46. The first-order valence-corrected chi connectivity index (χ1v) is 9.67. The van der Waals surface area contributed by atoms with Crippen molar-refractivity contribution in [1.29, 1.82) is 0 Å². The van der Waals surface area contributed by atoms with Crippen molar-refractivity contribution in [2.24, 2.45) is 5.92 Å². The third-order valence-corrected chi connectivity index (χ3v) is 6.25. The Morgan fingerprint density at radius 2 is 1.96 bits per heavy atom. The van der Waals surface area contributed by atoms with Gasteiger partial charge in [-0.15, -0.1) is 0 Å². The van der Waals surface area contributed by atoms with E-state index in [0.29, 0.717) is 35.9 Å². The number of phenolic OH excluding ortho intramolecular Hbond substituents is 1. The Morgan fingerprint density at radius 1 is 1.23 bits per heavy atom. The molecule has 4 heteroatoms. The predicted octanol–water partition coefficient (Wildman–Crippen LogP) is 5.78. The van der Waals surface area contributed by atoms with Gasteiger partial charge in [-0.05, 0) is 49.5 Å². The molecule has 0 saturated heterocycles. The molecule has 0 aliphatic heterocycles. The molecule has 1 N–H and O–H groups in total. The Balaban J connectivity index is 1.86. The van der Waals surface area contributed by atoms with Crippen molar-refractivity contribution < 1.29 is 19.4 Å². The van der Waals surface area contributed by atoms with Gasteiger partial charge in [0.05, 0.1) is 6.61 Å². The molecule has 0 heterocycles. The van der Waals surface area contributed by atoms with Gasteiger partial charge >= 0.3 is 6.16 Å². The van der Waals surface area contributed by atoms with Gasteiger partial charge in [-0.3, -0.25) is 0 Å². The number of fused-ring (bicyclic) bond motifs is 6. The molecule has 2 aliphatic carbocycles. The Bertz CT molecular complexity index is 870. The lowest BCUT2D eigenvalue weighted by atomic mass is 9.86. The fourth-order valence-corrected chi connectivity index (χ4v) is 4.94. The van der Waals surface area contributed by atoms with E-state index in [0.717, 1.165) is 53.1 Å². The molecule has 138 valence electrons. The van der Waals surface area contributed by atoms with E-state index in [-0.39, 0.29) is 0 Å². The van der Waals surface area contributed by atoms with Crippen LogP contribution in [0.4, 0.5) is 4.79 Å². The zero-order valence-corrected chi connectivity index (χ0v) is 15.7. The first kappa shape index (κ1) is 17.2. The molecule has 2 aromatic rings. The largest absolute Gasteiger partial charge is 0.513 e. The molecular weight excluding hydrogens is 328 g/mol. The van der Waals surface area contributed by atoms with Crippen LogP contribution in [0.3, 0.4) is 0 Å². The first-order valence-electron chi connectivity index (χ1n) is 9.67. The topological polar surface area (TPSA) is 55.8 Å². The lowest BCUT2D eigenvalue weighted by Gasteiger charge is -2.23. The maximum Gasteiger partial charge on any atom is 0.513 e. The number of aromatic hydroxyl groups is 1. The normalized spacial score (nSPS) is 23.3. The summed E-state index contributed by atoms with van der Waals surface area (Å²) in [7, 11) is 0. The van der Waals surface area contributed by atoms with E-state index in [2.05, 4.69) is 13.8 Å². The number of carbonyl (C=O) groups is 1. The molecule has 2 bridgehead atoms. The molecule has 1 fully saturated rings. The van der Waals surface area contributed by atoms with Crippen LogP contribution in [0.25, 0.3) is 10.8 Å². The average Bonchev–Trinajstić information content (AvgIpc) is 3.12. The summed E-state index contributed by atoms with van der Waals surface area (Å²) in [5.74, 6) is 2.11. The minimum atomic E-state index is -0.647. The second kappa shape index (κ2) is 6.49. The van der Waals surface area contributed by atoms with E-state index in [4.69, 9.17) is 9.47 Å². The Hall–Kier alpha value is -2.23. The van der Waals surface area contributed by atoms with Crippen LogP contribution >= 0.6 is 0 Å². The fraction of sp³-hybridized carbons (Fsp3) is 0.500. The van der Waals surface area contributed by atoms with E-state index in [1.165, 1.54) is 0 Å². The van der Waals surface area contributed by atoms with Crippen LogP contribution in [-0.2, 0) is 4.74 Å². The van der Waals surface area contributed by atoms with E-state index >= 15 is 0 Å². The molecule has 2 aromatic carbocycles. The highest BCUT2D eigenvalue weighted by Gasteiger charge is 2.48. The molecule has 4 rings (SSSR count). The number of carbonyl (C=O) groups excluding carboxylic acids is 1. The number of ether oxygens (including phenoxy) is 2. The molecule has 0 amide bonds. The van der Waals surface area contributed by atoms with Gasteiger partial charge in [-0.1, -0.05) is 38.5 Å². The highest BCUT2D eigenvalue weighted by atomic mass is 16.7. The van der Waals surface area contributed by atoms with Crippen LogP contribution in [0.5, 0.6) is 11.5 Å². The first-order chi connectivity index (χ1) is 12.5. The second-order valence-corrected chi connectivity index (χ2v) is 7.71. The summed E-state index contributed by atoms with van der Waals surface area (Å²) in [5, 5.41) is 12.6. The van der Waals surface area contributed by atoms with Gasteiger partial charge in [0.1, 0.15) is 11.5 Å². The highest BCUT2D eigenvalue weighted by molar-refractivity contribution is 6.00. The van der Waals surface area contributed by atoms with Gasteiger partial charge in [-0.25, -0.2) is 4.79 Å². The minimum absolute atomic E-state index is 0.336. The SMILES string of the molecule is CCCCOC(=O)Oc1c2c(c(O)c3cccc(C)c13)C1CCC2C1C. The van der Waals surface area contributed by atoms with Crippen LogP contribution < -0.4 is 4.74 Å². The summed E-state index contributed by atoms with van der Waals surface area (Å²) >= 11 is 0. The number of hydrogen-bond acceptors (Lipinski definition) is 4. The molecule has 2 aliphatic rings. The molecular formula is C22H26O4. The minimum Gasteiger partial charge on any atom is -0.507 e. The van der Waals surface area contributed by atoms with E-state index in [1.807, 2.05) is 25.1 Å². The maximum atomic E-state index is 12.3. The summed E-state index contributed by atoms with van der Waals surface area (Å²) in [5.41, 5.74) is 3.01. The lowest BCUT2D eigenvalue weighted by molar-refractivity contribution is 0.0978. The Kier molecular flexibility index (Phi) is 4.29. The summed E-state index contributed by atoms with van der Waals surface area (Å²) in [6, 6.07) is 5.83. The van der Waals surface area contributed by atoms with Crippen LogP contribution in [0.15, 0.2) is 18.2 Å². The molecule has 1 saturated carbocycles. The number of unbranched alkanes of at least 4 members (excludes halogenated alkanes) is 1. The van der Waals surface area contributed by atoms with Crippen molar-refractivity contribution >= 4 is 16.9 Å². The predicted molar refractivity (Wildman–Crippen MR) is 101 cm³/mol. The molecule has 0 spiro atoms. The molecule has 0 radical (unpaired) electrons. The summed E-state index contributed by atoms with van der Waals surface area (Å²) in [6.07, 6.45) is 3.31. The van der Waals surface area contributed by atoms with Crippen molar-refractivity contribution in [2.75, 3.05) is 6.61 Å². The third-order valence-electron chi connectivity index (χ3n) is 6.25. The van der Waals surface area contributed by atoms with Crippen LogP contribution in [-0.4, -0.2) is 17.9 Å². The van der Waals surface area contributed by atoms with Crippen LogP contribution in [0, 0.1) is 12.8 Å². The Morgan fingerprint density at radius 3 is 2.69 bits per heavy atom. The number of aryl methyl sites for hydroxylation is 1. The van der Waals surface area contributed by atoms with Crippen molar-refractivity contribution in [3.8, 4) is 11.5 Å². The van der Waals surface area contributed by atoms with E-state index in [9.17, 15) is 9.90 Å². The number of hydrogen-bond donors (Lipinski definition) is 1. The summed E-state index contributed by atoms with van der Waals surface area (Å²) in [6.45, 7) is 6.65. The van der Waals surface area contributed by atoms with Crippen LogP contribution in [0.1, 0.15) is 68.1 Å². The molecule has 3 unspecified atom stereocenters. The van der Waals surface area contributed by atoms with Gasteiger partial charge in [0, 0.05) is 21.9 Å². The number of phenols is 1. The maximum absolute atomic E-state index is 12.3. The number of benzene rings is 2. The number of rotatable bonds is 4. The fourth-order valence-electron chi connectivity index (χ4n) is 4.94. The van der Waals surface area contributed by atoms with Gasteiger partial charge in [0.15, 0.2) is 0 Å². The molecule has 26 heavy (non-hydrogen) atoms. The van der Waals surface area contributed by atoms with Crippen molar-refractivity contribution in [2.45, 2.75) is 58.3 Å². The van der Waals surface area contributed by atoms with Crippen molar-refractivity contribution in [1.82, 2.24) is 0 Å². The van der Waals surface area contributed by atoms with Crippen LogP contribution in [0.2, 0.25) is 0 Å². The Labute approximate surface area is 154 Å². The smallest absolute Gasteiger partial charge is 0.507 e. The van der Waals surface area contributed by atoms with E-state index < -0.39 is 6.16 Å². The quantitative estimate of drug-likeness (QED) is 0.429.